The molecule has 0 aromatic carbocycles. The maximum Gasteiger partial charge on any atom is 0.407 e. The summed E-state index contributed by atoms with van der Waals surface area (Å²) in [5.41, 5.74) is 0.157. The monoisotopic (exact) mass is 415 g/mol. The van der Waals surface area contributed by atoms with Gasteiger partial charge in [-0.1, -0.05) is 0 Å². The van der Waals surface area contributed by atoms with E-state index >= 15 is 0 Å². The topological polar surface area (TPSA) is 97.5 Å². The van der Waals surface area contributed by atoms with Crippen molar-refractivity contribution in [3.63, 3.8) is 0 Å². The third kappa shape index (κ3) is 3.29. The van der Waals surface area contributed by atoms with E-state index in [2.05, 4.69) is 30.2 Å². The van der Waals surface area contributed by atoms with Crippen LogP contribution in [-0.4, -0.2) is 55.7 Å². The van der Waals surface area contributed by atoms with Crippen LogP contribution in [0.15, 0.2) is 30.9 Å². The first-order chi connectivity index (χ1) is 14.5. The van der Waals surface area contributed by atoms with E-state index in [1.807, 2.05) is 6.07 Å². The number of hydrogen-bond donors (Lipinski definition) is 1. The first-order valence-corrected chi connectivity index (χ1v) is 9.69. The highest BCUT2D eigenvalue weighted by molar-refractivity contribution is 5.70. The molecule has 2 saturated heterocycles. The maximum absolute atomic E-state index is 13.1. The van der Waals surface area contributed by atoms with E-state index in [4.69, 9.17) is 4.74 Å². The number of carbonyl (C=O) groups is 1. The van der Waals surface area contributed by atoms with Crippen molar-refractivity contribution in [1.29, 1.82) is 0 Å². The van der Waals surface area contributed by atoms with Crippen molar-refractivity contribution >= 4 is 17.6 Å². The highest BCUT2D eigenvalue weighted by atomic mass is 19.3. The summed E-state index contributed by atoms with van der Waals surface area (Å²) in [7, 11) is 0. The van der Waals surface area contributed by atoms with Crippen molar-refractivity contribution in [2.75, 3.05) is 24.5 Å². The maximum atomic E-state index is 13.1. The lowest BCUT2D eigenvalue weighted by Gasteiger charge is -2.25. The SMILES string of the molecule is O=C1NCC2(CCCN(c3ccnc(-c4cnc5cnc(C(F)F)cn45)n3)CC2)O1. The van der Waals surface area contributed by atoms with E-state index in [0.717, 1.165) is 25.2 Å². The normalized spacial score (nSPS) is 21.8. The van der Waals surface area contributed by atoms with Crippen LogP contribution >= 0.6 is 0 Å². The Morgan fingerprint density at radius 3 is 2.87 bits per heavy atom. The molecule has 1 amide bonds. The van der Waals surface area contributed by atoms with Crippen LogP contribution in [0.1, 0.15) is 31.4 Å². The number of ether oxygens (including phenoxy) is 1. The zero-order valence-electron chi connectivity index (χ0n) is 16.0. The summed E-state index contributed by atoms with van der Waals surface area (Å²) in [6, 6.07) is 1.82. The second-order valence-electron chi connectivity index (χ2n) is 7.49. The van der Waals surface area contributed by atoms with Gasteiger partial charge in [0.25, 0.3) is 6.43 Å². The van der Waals surface area contributed by atoms with Gasteiger partial charge < -0.3 is 15.0 Å². The van der Waals surface area contributed by atoms with Crippen LogP contribution in [0.4, 0.5) is 19.4 Å². The minimum atomic E-state index is -2.68. The molecule has 3 aromatic rings. The van der Waals surface area contributed by atoms with Gasteiger partial charge in [-0.3, -0.25) is 4.40 Å². The molecule has 2 aliphatic heterocycles. The Balaban J connectivity index is 1.43. The molecule has 0 saturated carbocycles. The van der Waals surface area contributed by atoms with Crippen LogP contribution in [-0.2, 0) is 4.74 Å². The molecule has 11 heteroatoms. The molecule has 9 nitrogen and oxygen atoms in total. The summed E-state index contributed by atoms with van der Waals surface area (Å²) in [4.78, 5) is 30.6. The van der Waals surface area contributed by atoms with Gasteiger partial charge in [-0.15, -0.1) is 0 Å². The largest absolute Gasteiger partial charge is 0.441 e. The van der Waals surface area contributed by atoms with Crippen molar-refractivity contribution in [3.05, 3.63) is 36.5 Å². The molecule has 1 atom stereocenters. The number of amides is 1. The Hall–Kier alpha value is -3.37. The molecular formula is C19H19F2N7O2. The molecule has 1 N–H and O–H groups in total. The van der Waals surface area contributed by atoms with Gasteiger partial charge >= 0.3 is 6.09 Å². The summed E-state index contributed by atoms with van der Waals surface area (Å²) < 4.78 is 33.2. The third-order valence-corrected chi connectivity index (χ3v) is 5.60. The number of alkyl halides is 2. The summed E-state index contributed by atoms with van der Waals surface area (Å²) >= 11 is 0. The minimum Gasteiger partial charge on any atom is -0.441 e. The number of hydrogen-bond acceptors (Lipinski definition) is 7. The molecule has 0 bridgehead atoms. The molecule has 2 fully saturated rings. The summed E-state index contributed by atoms with van der Waals surface area (Å²) in [5, 5.41) is 2.75. The molecular weight excluding hydrogens is 396 g/mol. The number of nitrogens with one attached hydrogen (secondary N) is 1. The zero-order valence-corrected chi connectivity index (χ0v) is 16.0. The number of halogens is 2. The van der Waals surface area contributed by atoms with Crippen molar-refractivity contribution in [3.8, 4) is 11.5 Å². The first kappa shape index (κ1) is 18.6. The fourth-order valence-electron chi connectivity index (χ4n) is 4.01. The zero-order chi connectivity index (χ0) is 20.7. The van der Waals surface area contributed by atoms with Crippen molar-refractivity contribution in [2.45, 2.75) is 31.3 Å². The number of imidazole rings is 1. The molecule has 1 unspecified atom stereocenters. The van der Waals surface area contributed by atoms with E-state index in [1.54, 1.807) is 12.4 Å². The van der Waals surface area contributed by atoms with E-state index in [9.17, 15) is 13.6 Å². The van der Waals surface area contributed by atoms with Gasteiger partial charge in [-0.2, -0.15) is 0 Å². The van der Waals surface area contributed by atoms with E-state index in [-0.39, 0.29) is 11.8 Å². The van der Waals surface area contributed by atoms with Crippen molar-refractivity contribution < 1.29 is 18.3 Å². The minimum absolute atomic E-state index is 0.338. The number of carbonyl (C=O) groups excluding carboxylic acids is 1. The smallest absolute Gasteiger partial charge is 0.407 e. The Bertz CT molecular complexity index is 1110. The summed E-state index contributed by atoms with van der Waals surface area (Å²) in [6.45, 7) is 1.97. The predicted octanol–water partition coefficient (Wildman–Crippen LogP) is 2.59. The molecule has 0 radical (unpaired) electrons. The Morgan fingerprint density at radius 1 is 1.17 bits per heavy atom. The van der Waals surface area contributed by atoms with Gasteiger partial charge in [-0.05, 0) is 18.9 Å². The lowest BCUT2D eigenvalue weighted by Crippen LogP contribution is -2.35. The average molecular weight is 415 g/mol. The lowest BCUT2D eigenvalue weighted by atomic mass is 9.95. The molecule has 30 heavy (non-hydrogen) atoms. The number of nitrogens with zero attached hydrogens (tertiary/aromatic N) is 6. The standard InChI is InChI=1S/C19H19F2N7O2/c20-16(21)12-10-28-13(8-24-15(28)9-23-12)17-22-5-2-14(26-17)27-6-1-3-19(4-7-27)11-25-18(29)30-19/h2,5,8-10,16H,1,3-4,6-7,11H2,(H,25,29). The number of alkyl carbamates (subject to hydrolysis) is 1. The summed E-state index contributed by atoms with van der Waals surface area (Å²) in [5.74, 6) is 1.12. The van der Waals surface area contributed by atoms with Crippen molar-refractivity contribution in [2.24, 2.45) is 0 Å². The van der Waals surface area contributed by atoms with Crippen LogP contribution in [0.2, 0.25) is 0 Å². The predicted molar refractivity (Wildman–Crippen MR) is 102 cm³/mol. The van der Waals surface area contributed by atoms with Gasteiger partial charge in [-0.25, -0.2) is 33.5 Å². The van der Waals surface area contributed by atoms with Gasteiger partial charge in [0.05, 0.1) is 18.9 Å². The van der Waals surface area contributed by atoms with Crippen LogP contribution in [0.5, 0.6) is 0 Å². The van der Waals surface area contributed by atoms with Crippen LogP contribution in [0.25, 0.3) is 17.2 Å². The van der Waals surface area contributed by atoms with Gasteiger partial charge in [0.15, 0.2) is 11.5 Å². The van der Waals surface area contributed by atoms with E-state index in [1.165, 1.54) is 16.8 Å². The van der Waals surface area contributed by atoms with E-state index in [0.29, 0.717) is 36.7 Å². The number of rotatable bonds is 3. The number of anilines is 1. The molecule has 156 valence electrons. The fraction of sp³-hybridized carbons (Fsp3) is 0.421. The molecule has 2 aliphatic rings. The van der Waals surface area contributed by atoms with E-state index < -0.39 is 12.0 Å². The molecule has 5 heterocycles. The average Bonchev–Trinajstić information content (AvgIpc) is 3.26. The Labute approximate surface area is 170 Å². The lowest BCUT2D eigenvalue weighted by molar-refractivity contribution is 0.0473. The fourth-order valence-corrected chi connectivity index (χ4v) is 4.01. The second kappa shape index (κ2) is 7.15. The van der Waals surface area contributed by atoms with Gasteiger partial charge in [0.1, 0.15) is 22.8 Å². The number of fused-ring (bicyclic) bond motifs is 1. The second-order valence-corrected chi connectivity index (χ2v) is 7.49. The molecule has 3 aromatic heterocycles. The highest BCUT2D eigenvalue weighted by Gasteiger charge is 2.41. The van der Waals surface area contributed by atoms with Crippen LogP contribution in [0, 0.1) is 0 Å². The highest BCUT2D eigenvalue weighted by Crippen LogP contribution is 2.31. The first-order valence-electron chi connectivity index (χ1n) is 9.69. The number of aromatic nitrogens is 5. The molecule has 5 rings (SSSR count). The Morgan fingerprint density at radius 2 is 2.07 bits per heavy atom. The van der Waals surface area contributed by atoms with Crippen LogP contribution < -0.4 is 10.2 Å². The van der Waals surface area contributed by atoms with Crippen LogP contribution in [0.3, 0.4) is 0 Å². The molecule has 0 aliphatic carbocycles. The van der Waals surface area contributed by atoms with Gasteiger partial charge in [0, 0.05) is 31.9 Å². The summed E-state index contributed by atoms with van der Waals surface area (Å²) in [6.07, 6.45) is 5.05. The van der Waals surface area contributed by atoms with Crippen molar-refractivity contribution in [1.82, 2.24) is 29.7 Å². The van der Waals surface area contributed by atoms with Gasteiger partial charge in [0.2, 0.25) is 0 Å². The third-order valence-electron chi connectivity index (χ3n) is 5.60. The quantitative estimate of drug-likeness (QED) is 0.702. The Kier molecular flexibility index (Phi) is 4.44. The molecule has 1 spiro atoms.